The summed E-state index contributed by atoms with van der Waals surface area (Å²) in [6.45, 7) is 1.98. The normalized spacial score (nSPS) is 16.2. The molecule has 1 aliphatic rings. The highest BCUT2D eigenvalue weighted by Gasteiger charge is 2.26. The molecule has 5 heteroatoms. The molecule has 1 saturated carbocycles. The number of hydrogen-bond donors (Lipinski definition) is 2. The maximum absolute atomic E-state index is 12.8. The Morgan fingerprint density at radius 1 is 1.08 bits per heavy atom. The molecule has 25 heavy (non-hydrogen) atoms. The van der Waals surface area contributed by atoms with E-state index in [4.69, 9.17) is 0 Å². The van der Waals surface area contributed by atoms with Crippen LogP contribution in [0.1, 0.15) is 58.9 Å². The number of carbonyl (C=O) groups is 2. The molecule has 4 nitrogen and oxygen atoms in total. The zero-order valence-corrected chi connectivity index (χ0v) is 15.3. The minimum Gasteiger partial charge on any atom is -0.351 e. The van der Waals surface area contributed by atoms with Crippen molar-refractivity contribution in [1.82, 2.24) is 10.6 Å². The summed E-state index contributed by atoms with van der Waals surface area (Å²) >= 11 is 1.49. The number of hydrogen-bond acceptors (Lipinski definition) is 3. The Morgan fingerprint density at radius 2 is 1.80 bits per heavy atom. The largest absolute Gasteiger partial charge is 0.351 e. The van der Waals surface area contributed by atoms with Gasteiger partial charge in [0.05, 0.1) is 0 Å². The third-order valence-electron chi connectivity index (χ3n) is 4.63. The fraction of sp³-hybridized carbons (Fsp3) is 0.400. The monoisotopic (exact) mass is 356 g/mol. The van der Waals surface area contributed by atoms with Gasteiger partial charge in [0.2, 0.25) is 5.91 Å². The fourth-order valence-electron chi connectivity index (χ4n) is 3.17. The molecule has 1 heterocycles. The van der Waals surface area contributed by atoms with Crippen molar-refractivity contribution in [3.05, 3.63) is 57.8 Å². The topological polar surface area (TPSA) is 58.2 Å². The molecule has 2 amide bonds. The number of rotatable bonds is 5. The van der Waals surface area contributed by atoms with E-state index in [-0.39, 0.29) is 17.9 Å². The highest BCUT2D eigenvalue weighted by molar-refractivity contribution is 7.10. The van der Waals surface area contributed by atoms with Crippen LogP contribution in [0, 0.1) is 6.92 Å². The standard InChI is InChI=1S/C20H24N2O2S/c1-14-9-11-15(12-10-14)19(23)22-18(17-8-5-13-25-17)20(24)21-16-6-3-2-4-7-16/h5,8-13,16,18H,2-4,6-7H2,1H3,(H,21,24)(H,22,23). The highest BCUT2D eigenvalue weighted by atomic mass is 32.1. The van der Waals surface area contributed by atoms with Gasteiger partial charge >= 0.3 is 0 Å². The molecular weight excluding hydrogens is 332 g/mol. The number of benzene rings is 1. The third kappa shape index (κ3) is 4.69. The molecule has 1 aromatic heterocycles. The Kier molecular flexibility index (Phi) is 5.87. The summed E-state index contributed by atoms with van der Waals surface area (Å²) in [5.41, 5.74) is 1.67. The van der Waals surface area contributed by atoms with E-state index >= 15 is 0 Å². The van der Waals surface area contributed by atoms with Gasteiger partial charge in [-0.3, -0.25) is 9.59 Å². The van der Waals surface area contributed by atoms with Crippen molar-refractivity contribution in [3.8, 4) is 0 Å². The lowest BCUT2D eigenvalue weighted by molar-refractivity contribution is -0.124. The lowest BCUT2D eigenvalue weighted by Crippen LogP contribution is -2.44. The molecule has 132 valence electrons. The quantitative estimate of drug-likeness (QED) is 0.851. The van der Waals surface area contributed by atoms with Gasteiger partial charge in [-0.1, -0.05) is 43.0 Å². The summed E-state index contributed by atoms with van der Waals surface area (Å²) in [5.74, 6) is -0.341. The molecule has 1 atom stereocenters. The summed E-state index contributed by atoms with van der Waals surface area (Å²) in [5, 5.41) is 7.95. The number of thiophene rings is 1. The van der Waals surface area contributed by atoms with Crippen LogP contribution in [0.4, 0.5) is 0 Å². The predicted molar refractivity (Wildman–Crippen MR) is 101 cm³/mol. The van der Waals surface area contributed by atoms with Crippen LogP contribution in [0.2, 0.25) is 0 Å². The zero-order valence-electron chi connectivity index (χ0n) is 14.5. The second kappa shape index (κ2) is 8.30. The smallest absolute Gasteiger partial charge is 0.252 e. The van der Waals surface area contributed by atoms with Crippen molar-refractivity contribution in [2.24, 2.45) is 0 Å². The Bertz CT molecular complexity index is 704. The van der Waals surface area contributed by atoms with Crippen LogP contribution in [0.5, 0.6) is 0 Å². The molecule has 1 fully saturated rings. The molecule has 2 N–H and O–H groups in total. The molecule has 3 rings (SSSR count). The van der Waals surface area contributed by atoms with Crippen LogP contribution in [0.3, 0.4) is 0 Å². The van der Waals surface area contributed by atoms with Crippen LogP contribution >= 0.6 is 11.3 Å². The highest BCUT2D eigenvalue weighted by Crippen LogP contribution is 2.22. The van der Waals surface area contributed by atoms with Gasteiger partial charge in [-0.2, -0.15) is 0 Å². The molecule has 1 aromatic carbocycles. The second-order valence-electron chi connectivity index (χ2n) is 6.63. The van der Waals surface area contributed by atoms with E-state index in [0.717, 1.165) is 36.1 Å². The number of carbonyl (C=O) groups excluding carboxylic acids is 2. The van der Waals surface area contributed by atoms with E-state index in [2.05, 4.69) is 10.6 Å². The molecule has 0 bridgehead atoms. The number of nitrogens with one attached hydrogen (secondary N) is 2. The van der Waals surface area contributed by atoms with Crippen molar-refractivity contribution in [1.29, 1.82) is 0 Å². The first kappa shape index (κ1) is 17.7. The Balaban J connectivity index is 1.72. The van der Waals surface area contributed by atoms with Gasteiger partial charge in [0, 0.05) is 16.5 Å². The van der Waals surface area contributed by atoms with Crippen LogP contribution in [-0.4, -0.2) is 17.9 Å². The van der Waals surface area contributed by atoms with Gasteiger partial charge in [0.15, 0.2) is 0 Å². The molecular formula is C20H24N2O2S. The molecule has 1 unspecified atom stereocenters. The average molecular weight is 356 g/mol. The lowest BCUT2D eigenvalue weighted by atomic mass is 9.95. The van der Waals surface area contributed by atoms with Gasteiger partial charge in [-0.15, -0.1) is 11.3 Å². The van der Waals surface area contributed by atoms with Crippen molar-refractivity contribution in [2.45, 2.75) is 51.1 Å². The SMILES string of the molecule is Cc1ccc(C(=O)NC(C(=O)NC2CCCCC2)c2cccs2)cc1. The van der Waals surface area contributed by atoms with E-state index in [0.29, 0.717) is 5.56 Å². The predicted octanol–water partition coefficient (Wildman–Crippen LogP) is 3.98. The third-order valence-corrected chi connectivity index (χ3v) is 5.57. The summed E-state index contributed by atoms with van der Waals surface area (Å²) in [6.07, 6.45) is 5.60. The van der Waals surface area contributed by atoms with Crippen LogP contribution in [0.25, 0.3) is 0 Å². The van der Waals surface area contributed by atoms with Crippen molar-refractivity contribution < 1.29 is 9.59 Å². The van der Waals surface area contributed by atoms with Gasteiger partial charge in [-0.25, -0.2) is 0 Å². The van der Waals surface area contributed by atoms with E-state index in [1.807, 2.05) is 36.6 Å². The molecule has 0 spiro atoms. The second-order valence-corrected chi connectivity index (χ2v) is 7.61. The van der Waals surface area contributed by atoms with Crippen molar-refractivity contribution >= 4 is 23.2 Å². The van der Waals surface area contributed by atoms with Crippen LogP contribution in [0.15, 0.2) is 41.8 Å². The first-order valence-corrected chi connectivity index (χ1v) is 9.73. The summed E-state index contributed by atoms with van der Waals surface area (Å²) in [7, 11) is 0. The van der Waals surface area contributed by atoms with Gasteiger partial charge < -0.3 is 10.6 Å². The fourth-order valence-corrected chi connectivity index (χ4v) is 3.95. The Labute approximate surface area is 152 Å². The van der Waals surface area contributed by atoms with Gasteiger partial charge in [-0.05, 0) is 43.3 Å². The maximum Gasteiger partial charge on any atom is 0.252 e. The molecule has 2 aromatic rings. The minimum absolute atomic E-state index is 0.116. The van der Waals surface area contributed by atoms with Crippen LogP contribution < -0.4 is 10.6 Å². The van der Waals surface area contributed by atoms with E-state index in [1.165, 1.54) is 17.8 Å². The first-order chi connectivity index (χ1) is 12.1. The Morgan fingerprint density at radius 3 is 2.44 bits per heavy atom. The number of aryl methyl sites for hydroxylation is 1. The minimum atomic E-state index is -0.643. The number of amides is 2. The van der Waals surface area contributed by atoms with Crippen LogP contribution in [-0.2, 0) is 4.79 Å². The molecule has 0 saturated heterocycles. The average Bonchev–Trinajstić information content (AvgIpc) is 3.15. The van der Waals surface area contributed by atoms with Crippen molar-refractivity contribution in [2.75, 3.05) is 0 Å². The summed E-state index contributed by atoms with van der Waals surface area (Å²) in [6, 6.07) is 10.7. The van der Waals surface area contributed by atoms with E-state index in [1.54, 1.807) is 12.1 Å². The van der Waals surface area contributed by atoms with Gasteiger partial charge in [0.25, 0.3) is 5.91 Å². The zero-order chi connectivity index (χ0) is 17.6. The van der Waals surface area contributed by atoms with E-state index in [9.17, 15) is 9.59 Å². The summed E-state index contributed by atoms with van der Waals surface area (Å²) in [4.78, 5) is 26.2. The molecule has 0 radical (unpaired) electrons. The molecule has 0 aliphatic heterocycles. The first-order valence-electron chi connectivity index (χ1n) is 8.85. The lowest BCUT2D eigenvalue weighted by Gasteiger charge is -2.25. The molecule has 1 aliphatic carbocycles. The van der Waals surface area contributed by atoms with Gasteiger partial charge in [0.1, 0.15) is 6.04 Å². The van der Waals surface area contributed by atoms with E-state index < -0.39 is 6.04 Å². The summed E-state index contributed by atoms with van der Waals surface area (Å²) < 4.78 is 0. The van der Waals surface area contributed by atoms with Crippen molar-refractivity contribution in [3.63, 3.8) is 0 Å². The Hall–Kier alpha value is -2.14. The maximum atomic E-state index is 12.8.